The van der Waals surface area contributed by atoms with Gasteiger partial charge in [0, 0.05) is 23.9 Å². The van der Waals surface area contributed by atoms with Gasteiger partial charge in [0.15, 0.2) is 0 Å². The Morgan fingerprint density at radius 1 is 0.926 bits per heavy atom. The van der Waals surface area contributed by atoms with Gasteiger partial charge < -0.3 is 4.90 Å². The molecule has 0 fully saturated rings. The van der Waals surface area contributed by atoms with Crippen molar-refractivity contribution in [2.45, 2.75) is 6.54 Å². The molecule has 0 aliphatic rings. The maximum Gasteiger partial charge on any atom is 0.270 e. The molecule has 3 rings (SSSR count). The van der Waals surface area contributed by atoms with E-state index in [9.17, 15) is 14.9 Å². The molecule has 0 radical (unpaired) electrons. The summed E-state index contributed by atoms with van der Waals surface area (Å²) in [5.74, 6) is -0.198. The zero-order valence-corrected chi connectivity index (χ0v) is 14.6. The van der Waals surface area contributed by atoms with Gasteiger partial charge in [-0.05, 0) is 29.3 Å². The van der Waals surface area contributed by atoms with Crippen molar-refractivity contribution in [2.75, 3.05) is 4.90 Å². The number of nitro benzene ring substituents is 1. The van der Waals surface area contributed by atoms with Gasteiger partial charge in [0.25, 0.3) is 11.6 Å². The van der Waals surface area contributed by atoms with Gasteiger partial charge in [-0.2, -0.15) is 0 Å². The Labute approximate surface area is 157 Å². The summed E-state index contributed by atoms with van der Waals surface area (Å²) >= 11 is 0. The van der Waals surface area contributed by atoms with Gasteiger partial charge in [0.1, 0.15) is 0 Å². The van der Waals surface area contributed by atoms with Crippen molar-refractivity contribution in [3.63, 3.8) is 0 Å². The molecule has 5 heteroatoms. The average Bonchev–Trinajstić information content (AvgIpc) is 2.72. The van der Waals surface area contributed by atoms with Crippen molar-refractivity contribution in [1.29, 1.82) is 0 Å². The number of carbonyl (C=O) groups is 1. The van der Waals surface area contributed by atoms with Gasteiger partial charge in [-0.15, -0.1) is 0 Å². The summed E-state index contributed by atoms with van der Waals surface area (Å²) < 4.78 is 0. The van der Waals surface area contributed by atoms with Gasteiger partial charge >= 0.3 is 0 Å². The van der Waals surface area contributed by atoms with E-state index < -0.39 is 4.92 Å². The summed E-state index contributed by atoms with van der Waals surface area (Å²) in [4.78, 5) is 25.0. The second-order valence-corrected chi connectivity index (χ2v) is 5.93. The number of non-ortho nitro benzene ring substituents is 1. The Morgan fingerprint density at radius 3 is 2.26 bits per heavy atom. The van der Waals surface area contributed by atoms with Crippen LogP contribution in [0.25, 0.3) is 6.08 Å². The number of amides is 1. The van der Waals surface area contributed by atoms with E-state index in [1.807, 2.05) is 60.7 Å². The Hall–Kier alpha value is -3.73. The molecule has 0 heterocycles. The molecule has 134 valence electrons. The fourth-order valence-electron chi connectivity index (χ4n) is 2.67. The van der Waals surface area contributed by atoms with Gasteiger partial charge in [-0.3, -0.25) is 14.9 Å². The fourth-order valence-corrected chi connectivity index (χ4v) is 2.67. The average molecular weight is 358 g/mol. The molecule has 0 saturated heterocycles. The molecule has 0 aromatic heterocycles. The molecule has 0 saturated carbocycles. The molecule has 0 spiro atoms. The number of benzene rings is 3. The summed E-state index contributed by atoms with van der Waals surface area (Å²) in [6.45, 7) is 0.433. The molecule has 3 aromatic carbocycles. The lowest BCUT2D eigenvalue weighted by Crippen LogP contribution is -2.28. The number of hydrogen-bond donors (Lipinski definition) is 0. The van der Waals surface area contributed by atoms with Crippen LogP contribution in [0.4, 0.5) is 11.4 Å². The van der Waals surface area contributed by atoms with Crippen molar-refractivity contribution in [3.05, 3.63) is 112 Å². The predicted molar refractivity (Wildman–Crippen MR) is 106 cm³/mol. The monoisotopic (exact) mass is 358 g/mol. The summed E-state index contributed by atoms with van der Waals surface area (Å²) in [6, 6.07) is 25.3. The number of rotatable bonds is 6. The van der Waals surface area contributed by atoms with Crippen LogP contribution in [0.3, 0.4) is 0 Å². The van der Waals surface area contributed by atoms with Crippen LogP contribution in [0.5, 0.6) is 0 Å². The van der Waals surface area contributed by atoms with E-state index in [4.69, 9.17) is 0 Å². The van der Waals surface area contributed by atoms with Crippen LogP contribution in [-0.4, -0.2) is 10.8 Å². The van der Waals surface area contributed by atoms with E-state index in [0.717, 1.165) is 11.3 Å². The minimum Gasteiger partial charge on any atom is -0.304 e. The minimum atomic E-state index is -0.454. The van der Waals surface area contributed by atoms with Gasteiger partial charge in [0.2, 0.25) is 0 Å². The second-order valence-electron chi connectivity index (χ2n) is 5.93. The lowest BCUT2D eigenvalue weighted by Gasteiger charge is -2.21. The number of carbonyl (C=O) groups excluding carboxylic acids is 1. The van der Waals surface area contributed by atoms with Crippen molar-refractivity contribution >= 4 is 23.4 Å². The van der Waals surface area contributed by atoms with Crippen LogP contribution in [0.1, 0.15) is 11.1 Å². The fraction of sp³-hybridized carbons (Fsp3) is 0.0455. The molecule has 0 N–H and O–H groups in total. The summed E-state index contributed by atoms with van der Waals surface area (Å²) in [5, 5.41) is 10.9. The van der Waals surface area contributed by atoms with E-state index in [1.54, 1.807) is 23.1 Å². The topological polar surface area (TPSA) is 63.4 Å². The number of hydrogen-bond acceptors (Lipinski definition) is 3. The molecule has 0 aliphatic heterocycles. The zero-order chi connectivity index (χ0) is 19.1. The Kier molecular flexibility index (Phi) is 5.74. The first kappa shape index (κ1) is 18.1. The standard InChI is InChI=1S/C22H18N2O3/c25-22(15-14-18-10-7-13-21(16-18)24(26)27)23(20-11-5-2-6-12-20)17-19-8-3-1-4-9-19/h1-16H,17H2/b15-14+. The van der Waals surface area contributed by atoms with Crippen LogP contribution in [0, 0.1) is 10.1 Å². The molecule has 0 unspecified atom stereocenters. The molecule has 5 nitrogen and oxygen atoms in total. The smallest absolute Gasteiger partial charge is 0.270 e. The third-order valence-corrected chi connectivity index (χ3v) is 4.02. The molecule has 0 bridgehead atoms. The molecule has 0 aliphatic carbocycles. The molecule has 27 heavy (non-hydrogen) atoms. The van der Waals surface area contributed by atoms with E-state index >= 15 is 0 Å². The minimum absolute atomic E-state index is 0.00574. The highest BCUT2D eigenvalue weighted by Gasteiger charge is 2.13. The molecule has 3 aromatic rings. The van der Waals surface area contributed by atoms with Crippen LogP contribution in [0.15, 0.2) is 91.0 Å². The van der Waals surface area contributed by atoms with Crippen LogP contribution in [0.2, 0.25) is 0 Å². The van der Waals surface area contributed by atoms with E-state index in [2.05, 4.69) is 0 Å². The number of nitrogens with zero attached hydrogens (tertiary/aromatic N) is 2. The quantitative estimate of drug-likeness (QED) is 0.360. The second kappa shape index (κ2) is 8.58. The van der Waals surface area contributed by atoms with Crippen LogP contribution >= 0.6 is 0 Å². The Balaban J connectivity index is 1.84. The maximum absolute atomic E-state index is 12.8. The normalized spacial score (nSPS) is 10.7. The van der Waals surface area contributed by atoms with Crippen molar-refractivity contribution < 1.29 is 9.72 Å². The van der Waals surface area contributed by atoms with Crippen LogP contribution in [-0.2, 0) is 11.3 Å². The first-order valence-corrected chi connectivity index (χ1v) is 8.46. The Morgan fingerprint density at radius 2 is 1.59 bits per heavy atom. The van der Waals surface area contributed by atoms with Gasteiger partial charge in [0.05, 0.1) is 11.5 Å². The predicted octanol–water partition coefficient (Wildman–Crippen LogP) is 4.84. The molecular formula is C22H18N2O3. The van der Waals surface area contributed by atoms with Crippen LogP contribution < -0.4 is 4.90 Å². The third kappa shape index (κ3) is 4.89. The van der Waals surface area contributed by atoms with Crippen molar-refractivity contribution in [3.8, 4) is 0 Å². The van der Waals surface area contributed by atoms with Crippen molar-refractivity contribution in [2.24, 2.45) is 0 Å². The largest absolute Gasteiger partial charge is 0.304 e. The number of anilines is 1. The zero-order valence-electron chi connectivity index (χ0n) is 14.6. The SMILES string of the molecule is O=C(/C=C/c1cccc([N+](=O)[O-])c1)N(Cc1ccccc1)c1ccccc1. The lowest BCUT2D eigenvalue weighted by molar-refractivity contribution is -0.384. The molecular weight excluding hydrogens is 340 g/mol. The highest BCUT2D eigenvalue weighted by atomic mass is 16.6. The summed E-state index contributed by atoms with van der Waals surface area (Å²) in [7, 11) is 0. The highest BCUT2D eigenvalue weighted by molar-refractivity contribution is 6.03. The maximum atomic E-state index is 12.8. The Bertz CT molecular complexity index is 954. The third-order valence-electron chi connectivity index (χ3n) is 4.02. The lowest BCUT2D eigenvalue weighted by atomic mass is 10.1. The molecule has 1 amide bonds. The summed E-state index contributed by atoms with van der Waals surface area (Å²) in [6.07, 6.45) is 3.03. The first-order chi connectivity index (χ1) is 13.1. The molecule has 0 atom stereocenters. The van der Waals surface area contributed by atoms with Gasteiger partial charge in [-0.1, -0.05) is 60.7 Å². The number of nitro groups is 1. The summed E-state index contributed by atoms with van der Waals surface area (Å²) in [5.41, 5.74) is 2.40. The first-order valence-electron chi connectivity index (χ1n) is 8.46. The van der Waals surface area contributed by atoms with E-state index in [0.29, 0.717) is 12.1 Å². The van der Waals surface area contributed by atoms with Crippen molar-refractivity contribution in [1.82, 2.24) is 0 Å². The van der Waals surface area contributed by atoms with E-state index in [1.165, 1.54) is 18.2 Å². The highest BCUT2D eigenvalue weighted by Crippen LogP contribution is 2.19. The van der Waals surface area contributed by atoms with E-state index in [-0.39, 0.29) is 11.6 Å². The van der Waals surface area contributed by atoms with Gasteiger partial charge in [-0.25, -0.2) is 0 Å². The number of para-hydroxylation sites is 1.